The van der Waals surface area contributed by atoms with E-state index in [1.807, 2.05) is 0 Å². The number of carbonyl (C=O) groups excluding carboxylic acids is 1. The summed E-state index contributed by atoms with van der Waals surface area (Å²) >= 11 is 0. The maximum absolute atomic E-state index is 10.6. The van der Waals surface area contributed by atoms with Gasteiger partial charge in [-0.15, -0.1) is 0 Å². The highest BCUT2D eigenvalue weighted by atomic mass is 16.1. The minimum atomic E-state index is -0.581. The highest BCUT2D eigenvalue weighted by Crippen LogP contribution is 2.24. The molecule has 0 radical (unpaired) electrons. The van der Waals surface area contributed by atoms with Gasteiger partial charge in [0, 0.05) is 6.54 Å². The number of hydrogen-bond acceptors (Lipinski definition) is 3. The van der Waals surface area contributed by atoms with Gasteiger partial charge in [-0.2, -0.15) is 0 Å². The molecule has 4 nitrogen and oxygen atoms in total. The second-order valence-corrected chi connectivity index (χ2v) is 4.93. The molecule has 1 amide bonds. The first-order valence-electron chi connectivity index (χ1n) is 5.00. The maximum Gasteiger partial charge on any atom is 0.235 e. The van der Waals surface area contributed by atoms with Gasteiger partial charge in [-0.05, 0) is 17.9 Å². The van der Waals surface area contributed by atoms with Crippen molar-refractivity contribution in [2.24, 2.45) is 22.8 Å². The van der Waals surface area contributed by atoms with E-state index in [1.54, 1.807) is 0 Å². The standard InChI is InChI=1S/C10H23N3O/c1-7(10(2,3)4)5-13-6-8(11)9(12)14/h7-8,13H,5-6,11H2,1-4H3,(H2,12,14). The van der Waals surface area contributed by atoms with Crippen LogP contribution >= 0.6 is 0 Å². The molecule has 84 valence electrons. The van der Waals surface area contributed by atoms with Crippen LogP contribution in [0.4, 0.5) is 0 Å². The lowest BCUT2D eigenvalue weighted by molar-refractivity contribution is -0.119. The molecule has 0 aromatic rings. The predicted molar refractivity (Wildman–Crippen MR) is 58.7 cm³/mol. The van der Waals surface area contributed by atoms with E-state index < -0.39 is 11.9 Å². The van der Waals surface area contributed by atoms with Crippen molar-refractivity contribution in [1.82, 2.24) is 5.32 Å². The molecule has 0 aliphatic carbocycles. The van der Waals surface area contributed by atoms with Gasteiger partial charge in [0.05, 0.1) is 6.04 Å². The van der Waals surface area contributed by atoms with E-state index in [-0.39, 0.29) is 5.41 Å². The van der Waals surface area contributed by atoms with Gasteiger partial charge < -0.3 is 16.8 Å². The molecule has 2 unspecified atom stereocenters. The average molecular weight is 201 g/mol. The van der Waals surface area contributed by atoms with E-state index in [0.29, 0.717) is 12.5 Å². The summed E-state index contributed by atoms with van der Waals surface area (Å²) in [4.78, 5) is 10.6. The Morgan fingerprint density at radius 1 is 1.36 bits per heavy atom. The predicted octanol–water partition coefficient (Wildman–Crippen LogP) is 0.0708. The molecule has 4 heteroatoms. The first-order chi connectivity index (χ1) is 6.25. The highest BCUT2D eigenvalue weighted by Gasteiger charge is 2.19. The fourth-order valence-electron chi connectivity index (χ4n) is 0.862. The molecule has 0 heterocycles. The zero-order valence-electron chi connectivity index (χ0n) is 9.63. The fraction of sp³-hybridized carbons (Fsp3) is 0.900. The first-order valence-corrected chi connectivity index (χ1v) is 5.00. The van der Waals surface area contributed by atoms with Gasteiger partial charge in [0.25, 0.3) is 0 Å². The fourth-order valence-corrected chi connectivity index (χ4v) is 0.862. The van der Waals surface area contributed by atoms with Gasteiger partial charge in [-0.3, -0.25) is 4.79 Å². The van der Waals surface area contributed by atoms with Gasteiger partial charge in [-0.1, -0.05) is 27.7 Å². The minimum Gasteiger partial charge on any atom is -0.368 e. The number of rotatable bonds is 5. The Labute approximate surface area is 86.4 Å². The second-order valence-electron chi connectivity index (χ2n) is 4.93. The van der Waals surface area contributed by atoms with Crippen molar-refractivity contribution in [2.45, 2.75) is 33.7 Å². The monoisotopic (exact) mass is 201 g/mol. The molecule has 0 bridgehead atoms. The number of amides is 1. The lowest BCUT2D eigenvalue weighted by Crippen LogP contribution is -2.45. The number of carbonyl (C=O) groups is 1. The molecule has 2 atom stereocenters. The van der Waals surface area contributed by atoms with Crippen LogP contribution in [0.15, 0.2) is 0 Å². The topological polar surface area (TPSA) is 81.1 Å². The third-order valence-electron chi connectivity index (χ3n) is 2.66. The summed E-state index contributed by atoms with van der Waals surface area (Å²) in [5.41, 5.74) is 10.8. The molecule has 0 rings (SSSR count). The summed E-state index contributed by atoms with van der Waals surface area (Å²) in [7, 11) is 0. The quantitative estimate of drug-likeness (QED) is 0.589. The van der Waals surface area contributed by atoms with Crippen LogP contribution < -0.4 is 16.8 Å². The van der Waals surface area contributed by atoms with E-state index in [2.05, 4.69) is 33.0 Å². The van der Waals surface area contributed by atoms with Crippen LogP contribution in [-0.4, -0.2) is 25.0 Å². The Morgan fingerprint density at radius 2 is 1.86 bits per heavy atom. The van der Waals surface area contributed by atoms with Gasteiger partial charge >= 0.3 is 0 Å². The zero-order valence-corrected chi connectivity index (χ0v) is 9.63. The first kappa shape index (κ1) is 13.4. The highest BCUT2D eigenvalue weighted by molar-refractivity contribution is 5.79. The minimum absolute atomic E-state index is 0.268. The molecule has 0 aliphatic heterocycles. The molecule has 0 fully saturated rings. The molecule has 0 spiro atoms. The van der Waals surface area contributed by atoms with E-state index in [9.17, 15) is 4.79 Å². The van der Waals surface area contributed by atoms with Crippen molar-refractivity contribution >= 4 is 5.91 Å². The van der Waals surface area contributed by atoms with Gasteiger partial charge in [-0.25, -0.2) is 0 Å². The van der Waals surface area contributed by atoms with Crippen molar-refractivity contribution in [1.29, 1.82) is 0 Å². The van der Waals surface area contributed by atoms with Crippen molar-refractivity contribution in [2.75, 3.05) is 13.1 Å². The summed E-state index contributed by atoms with van der Waals surface area (Å²) in [5.74, 6) is 0.0727. The average Bonchev–Trinajstić information content (AvgIpc) is 2.01. The van der Waals surface area contributed by atoms with Gasteiger partial charge in [0.1, 0.15) is 0 Å². The van der Waals surface area contributed by atoms with Crippen molar-refractivity contribution < 1.29 is 4.79 Å². The summed E-state index contributed by atoms with van der Waals surface area (Å²) < 4.78 is 0. The van der Waals surface area contributed by atoms with Crippen molar-refractivity contribution in [3.05, 3.63) is 0 Å². The molecule has 0 aliphatic rings. The van der Waals surface area contributed by atoms with Crippen LogP contribution in [0.3, 0.4) is 0 Å². The van der Waals surface area contributed by atoms with Crippen LogP contribution in [0, 0.1) is 11.3 Å². The molecule has 14 heavy (non-hydrogen) atoms. The smallest absolute Gasteiger partial charge is 0.235 e. The SMILES string of the molecule is CC(CNCC(N)C(N)=O)C(C)(C)C. The number of primary amides is 1. The molecule has 0 aromatic heterocycles. The normalized spacial score (nSPS) is 16.4. The van der Waals surface area contributed by atoms with E-state index in [4.69, 9.17) is 11.5 Å². The third kappa shape index (κ3) is 5.19. The van der Waals surface area contributed by atoms with Crippen LogP contribution in [0.5, 0.6) is 0 Å². The lowest BCUT2D eigenvalue weighted by atomic mass is 9.82. The summed E-state index contributed by atoms with van der Waals surface area (Å²) in [5, 5.41) is 3.15. The molecule has 5 N–H and O–H groups in total. The summed E-state index contributed by atoms with van der Waals surface area (Å²) in [6, 6.07) is -0.581. The van der Waals surface area contributed by atoms with Crippen LogP contribution in [-0.2, 0) is 4.79 Å². The summed E-state index contributed by atoms with van der Waals surface area (Å²) in [6.07, 6.45) is 0. The molecule has 0 aromatic carbocycles. The van der Waals surface area contributed by atoms with Gasteiger partial charge in [0.2, 0.25) is 5.91 Å². The van der Waals surface area contributed by atoms with Crippen molar-refractivity contribution in [3.8, 4) is 0 Å². The number of nitrogens with one attached hydrogen (secondary N) is 1. The third-order valence-corrected chi connectivity index (χ3v) is 2.66. The molecular weight excluding hydrogens is 178 g/mol. The van der Waals surface area contributed by atoms with Crippen LogP contribution in [0.2, 0.25) is 0 Å². The van der Waals surface area contributed by atoms with Crippen LogP contribution in [0.25, 0.3) is 0 Å². The maximum atomic E-state index is 10.6. The Kier molecular flexibility index (Phi) is 5.08. The van der Waals surface area contributed by atoms with Gasteiger partial charge in [0.15, 0.2) is 0 Å². The second kappa shape index (κ2) is 5.32. The van der Waals surface area contributed by atoms with E-state index in [1.165, 1.54) is 0 Å². The Morgan fingerprint density at radius 3 is 2.21 bits per heavy atom. The zero-order chi connectivity index (χ0) is 11.4. The Bertz CT molecular complexity index is 186. The summed E-state index contributed by atoms with van der Waals surface area (Å²) in [6.45, 7) is 10.0. The molecular formula is C10H23N3O. The Hall–Kier alpha value is -0.610. The lowest BCUT2D eigenvalue weighted by Gasteiger charge is -2.27. The number of nitrogens with two attached hydrogens (primary N) is 2. The molecule has 0 saturated heterocycles. The van der Waals surface area contributed by atoms with E-state index >= 15 is 0 Å². The van der Waals surface area contributed by atoms with E-state index in [0.717, 1.165) is 6.54 Å². The largest absolute Gasteiger partial charge is 0.368 e. The van der Waals surface area contributed by atoms with Crippen LogP contribution in [0.1, 0.15) is 27.7 Å². The Balaban J connectivity index is 3.70. The van der Waals surface area contributed by atoms with Crippen molar-refractivity contribution in [3.63, 3.8) is 0 Å². The number of hydrogen-bond donors (Lipinski definition) is 3. The molecule has 0 saturated carbocycles.